The molecule has 2 aliphatic rings. The monoisotopic (exact) mass is 385 g/mol. The topological polar surface area (TPSA) is 66.6 Å². The summed E-state index contributed by atoms with van der Waals surface area (Å²) < 4.78 is 1.15. The van der Waals surface area contributed by atoms with E-state index < -0.39 is 0 Å². The fraction of sp³-hybridized carbons (Fsp3) is 0.524. The summed E-state index contributed by atoms with van der Waals surface area (Å²) in [6.45, 7) is 5.10. The lowest BCUT2D eigenvalue weighted by molar-refractivity contribution is -0.138. The predicted molar refractivity (Wildman–Crippen MR) is 109 cm³/mol. The average molecular weight is 386 g/mol. The van der Waals surface area contributed by atoms with Gasteiger partial charge in [-0.2, -0.15) is 0 Å². The summed E-state index contributed by atoms with van der Waals surface area (Å²) in [5.74, 6) is 0.759. The predicted octanol–water partition coefficient (Wildman–Crippen LogP) is 2.87. The number of piperazine rings is 1. The van der Waals surface area contributed by atoms with Gasteiger partial charge in [0.25, 0.3) is 5.91 Å². The standard InChI is InChI=1S/C21H27N3O2S/c1-14-16-6-2-3-8-18(16)27-19(14)21(26)24-11-9-23(10-12-24)20(25)17-7-4-5-15(17)13-22/h2-3,6,8,15,17H,4-5,7,9-13,22H2,1H3/t15-,17-/m1/s1. The van der Waals surface area contributed by atoms with Gasteiger partial charge in [-0.3, -0.25) is 9.59 Å². The zero-order valence-electron chi connectivity index (χ0n) is 15.8. The summed E-state index contributed by atoms with van der Waals surface area (Å²) in [4.78, 5) is 30.6. The van der Waals surface area contributed by atoms with Crippen molar-refractivity contribution < 1.29 is 9.59 Å². The van der Waals surface area contributed by atoms with Crippen LogP contribution in [-0.4, -0.2) is 54.3 Å². The van der Waals surface area contributed by atoms with Gasteiger partial charge in [-0.25, -0.2) is 0 Å². The maximum Gasteiger partial charge on any atom is 0.264 e. The van der Waals surface area contributed by atoms with Gasteiger partial charge in [0.15, 0.2) is 0 Å². The lowest BCUT2D eigenvalue weighted by Gasteiger charge is -2.36. The zero-order chi connectivity index (χ0) is 19.0. The molecule has 2 heterocycles. The van der Waals surface area contributed by atoms with Crippen LogP contribution in [0.4, 0.5) is 0 Å². The lowest BCUT2D eigenvalue weighted by atomic mass is 9.94. The van der Waals surface area contributed by atoms with Crippen LogP contribution in [0.5, 0.6) is 0 Å². The van der Waals surface area contributed by atoms with Gasteiger partial charge in [-0.15, -0.1) is 11.3 Å². The third-order valence-electron chi connectivity index (χ3n) is 6.20. The molecule has 0 unspecified atom stereocenters. The number of aryl methyl sites for hydroxylation is 1. The number of carbonyl (C=O) groups excluding carboxylic acids is 2. The van der Waals surface area contributed by atoms with Gasteiger partial charge < -0.3 is 15.5 Å². The van der Waals surface area contributed by atoms with Crippen molar-refractivity contribution in [3.63, 3.8) is 0 Å². The van der Waals surface area contributed by atoms with Crippen LogP contribution >= 0.6 is 11.3 Å². The van der Waals surface area contributed by atoms with Gasteiger partial charge in [0.2, 0.25) is 5.91 Å². The first kappa shape index (κ1) is 18.4. The van der Waals surface area contributed by atoms with Crippen molar-refractivity contribution in [3.05, 3.63) is 34.7 Å². The van der Waals surface area contributed by atoms with Crippen LogP contribution in [0, 0.1) is 18.8 Å². The molecular weight excluding hydrogens is 358 g/mol. The molecule has 4 rings (SSSR count). The quantitative estimate of drug-likeness (QED) is 0.883. The minimum absolute atomic E-state index is 0.0853. The van der Waals surface area contributed by atoms with E-state index in [2.05, 4.69) is 12.1 Å². The smallest absolute Gasteiger partial charge is 0.264 e. The van der Waals surface area contributed by atoms with Crippen LogP contribution in [0.2, 0.25) is 0 Å². The highest BCUT2D eigenvalue weighted by atomic mass is 32.1. The maximum absolute atomic E-state index is 13.0. The van der Waals surface area contributed by atoms with Crippen molar-refractivity contribution in [1.29, 1.82) is 0 Å². The van der Waals surface area contributed by atoms with Gasteiger partial charge in [0, 0.05) is 36.8 Å². The molecule has 1 aliphatic carbocycles. The number of hydrogen-bond acceptors (Lipinski definition) is 4. The Hall–Kier alpha value is -1.92. The van der Waals surface area contributed by atoms with E-state index in [1.54, 1.807) is 11.3 Å². The first-order chi connectivity index (χ1) is 13.1. The Morgan fingerprint density at radius 1 is 1.11 bits per heavy atom. The van der Waals surface area contributed by atoms with Crippen molar-refractivity contribution in [2.75, 3.05) is 32.7 Å². The number of benzene rings is 1. The fourth-order valence-electron chi connectivity index (χ4n) is 4.53. The zero-order valence-corrected chi connectivity index (χ0v) is 16.6. The molecule has 1 aromatic carbocycles. The van der Waals surface area contributed by atoms with Crippen molar-refractivity contribution >= 4 is 33.2 Å². The van der Waals surface area contributed by atoms with Crippen LogP contribution in [0.1, 0.15) is 34.5 Å². The third kappa shape index (κ3) is 3.36. The molecule has 144 valence electrons. The third-order valence-corrected chi connectivity index (χ3v) is 7.46. The molecule has 1 aliphatic heterocycles. The molecule has 1 saturated carbocycles. The van der Waals surface area contributed by atoms with Crippen molar-refractivity contribution in [3.8, 4) is 0 Å². The van der Waals surface area contributed by atoms with Gasteiger partial charge in [0.05, 0.1) is 4.88 Å². The molecule has 0 radical (unpaired) electrons. The number of amides is 2. The number of rotatable bonds is 3. The minimum atomic E-state index is 0.0853. The Balaban J connectivity index is 1.42. The molecule has 1 aromatic heterocycles. The second-order valence-corrected chi connectivity index (χ2v) is 8.76. The normalized spacial score (nSPS) is 23.2. The molecule has 1 saturated heterocycles. The van der Waals surface area contributed by atoms with Gasteiger partial charge in [0.1, 0.15) is 0 Å². The van der Waals surface area contributed by atoms with E-state index in [1.165, 1.54) is 0 Å². The summed E-state index contributed by atoms with van der Waals surface area (Å²) in [6.07, 6.45) is 3.12. The van der Waals surface area contributed by atoms with E-state index >= 15 is 0 Å². The van der Waals surface area contributed by atoms with E-state index in [0.29, 0.717) is 38.6 Å². The summed E-state index contributed by atoms with van der Waals surface area (Å²) in [5, 5.41) is 1.16. The number of fused-ring (bicyclic) bond motifs is 1. The van der Waals surface area contributed by atoms with Crippen molar-refractivity contribution in [2.45, 2.75) is 26.2 Å². The Morgan fingerprint density at radius 3 is 2.52 bits per heavy atom. The Bertz CT molecular complexity index is 854. The Morgan fingerprint density at radius 2 is 1.81 bits per heavy atom. The summed E-state index contributed by atoms with van der Waals surface area (Å²) in [5.41, 5.74) is 6.91. The summed E-state index contributed by atoms with van der Waals surface area (Å²) >= 11 is 1.57. The number of nitrogens with two attached hydrogens (primary N) is 1. The molecule has 2 amide bonds. The molecule has 0 bridgehead atoms. The summed E-state index contributed by atoms with van der Waals surface area (Å²) in [6, 6.07) is 8.16. The molecule has 0 spiro atoms. The van der Waals surface area contributed by atoms with Crippen molar-refractivity contribution in [1.82, 2.24) is 9.80 Å². The number of hydrogen-bond donors (Lipinski definition) is 1. The largest absolute Gasteiger partial charge is 0.339 e. The SMILES string of the molecule is Cc1c(C(=O)N2CCN(C(=O)[C@@H]3CCC[C@@H]3CN)CC2)sc2ccccc12. The Kier molecular flexibility index (Phi) is 5.19. The van der Waals surface area contributed by atoms with Gasteiger partial charge in [-0.1, -0.05) is 24.6 Å². The van der Waals surface area contributed by atoms with Crippen LogP contribution in [-0.2, 0) is 4.79 Å². The molecule has 2 aromatic rings. The van der Waals surface area contributed by atoms with E-state index in [4.69, 9.17) is 5.73 Å². The van der Waals surface area contributed by atoms with E-state index in [-0.39, 0.29) is 17.7 Å². The molecule has 2 fully saturated rings. The molecule has 2 atom stereocenters. The van der Waals surface area contributed by atoms with Crippen LogP contribution in [0.25, 0.3) is 10.1 Å². The van der Waals surface area contributed by atoms with E-state index in [0.717, 1.165) is 39.8 Å². The summed E-state index contributed by atoms with van der Waals surface area (Å²) in [7, 11) is 0. The number of nitrogens with zero attached hydrogens (tertiary/aromatic N) is 2. The van der Waals surface area contributed by atoms with Crippen molar-refractivity contribution in [2.24, 2.45) is 17.6 Å². The minimum Gasteiger partial charge on any atom is -0.339 e. The first-order valence-corrected chi connectivity index (χ1v) is 10.7. The van der Waals surface area contributed by atoms with Gasteiger partial charge in [-0.05, 0) is 49.2 Å². The Labute approximate surface area is 164 Å². The number of carbonyl (C=O) groups is 2. The molecule has 2 N–H and O–H groups in total. The second kappa shape index (κ2) is 7.60. The molecular formula is C21H27N3O2S. The molecule has 5 nitrogen and oxygen atoms in total. The fourth-order valence-corrected chi connectivity index (χ4v) is 5.71. The number of thiophene rings is 1. The first-order valence-electron chi connectivity index (χ1n) is 9.86. The highest BCUT2D eigenvalue weighted by molar-refractivity contribution is 7.21. The highest BCUT2D eigenvalue weighted by Gasteiger charge is 2.36. The van der Waals surface area contributed by atoms with E-state index in [9.17, 15) is 9.59 Å². The average Bonchev–Trinajstić information content (AvgIpc) is 3.32. The lowest BCUT2D eigenvalue weighted by Crippen LogP contribution is -2.52. The second-order valence-electron chi connectivity index (χ2n) is 7.70. The van der Waals surface area contributed by atoms with Crippen LogP contribution < -0.4 is 5.73 Å². The maximum atomic E-state index is 13.0. The molecule has 6 heteroatoms. The van der Waals surface area contributed by atoms with E-state index in [1.807, 2.05) is 28.9 Å². The van der Waals surface area contributed by atoms with Crippen LogP contribution in [0.3, 0.4) is 0 Å². The highest BCUT2D eigenvalue weighted by Crippen LogP contribution is 2.33. The molecule has 27 heavy (non-hydrogen) atoms. The van der Waals surface area contributed by atoms with Crippen LogP contribution in [0.15, 0.2) is 24.3 Å². The van der Waals surface area contributed by atoms with Gasteiger partial charge >= 0.3 is 0 Å².